The zero-order chi connectivity index (χ0) is 35.3. The Kier molecular flexibility index (Phi) is 12.7. The van der Waals surface area contributed by atoms with Crippen molar-refractivity contribution in [1.29, 1.82) is 0 Å². The van der Waals surface area contributed by atoms with E-state index in [1.165, 1.54) is 11.8 Å². The van der Waals surface area contributed by atoms with Crippen molar-refractivity contribution in [1.82, 2.24) is 4.90 Å². The Morgan fingerprint density at radius 1 is 0.875 bits per heavy atom. The molecule has 0 unspecified atom stereocenters. The van der Waals surface area contributed by atoms with E-state index in [4.69, 9.17) is 37.8 Å². The minimum atomic E-state index is -2.13. The van der Waals surface area contributed by atoms with Crippen molar-refractivity contribution in [2.24, 2.45) is 4.99 Å². The molecule has 2 heterocycles. The van der Waals surface area contributed by atoms with Crippen molar-refractivity contribution < 1.29 is 37.6 Å². The Balaban J connectivity index is 1.68. The third kappa shape index (κ3) is 9.76. The van der Waals surface area contributed by atoms with Crippen LogP contribution in [0.5, 0.6) is 11.5 Å². The number of aliphatic imine (C=N–C) groups is 1. The summed E-state index contributed by atoms with van der Waals surface area (Å²) in [4.78, 5) is 19.9. The number of hydrogen-bond acceptors (Lipinski definition) is 10. The van der Waals surface area contributed by atoms with E-state index in [0.717, 1.165) is 22.6 Å². The highest BCUT2D eigenvalue weighted by molar-refractivity contribution is 8.14. The van der Waals surface area contributed by atoms with Crippen LogP contribution < -0.4 is 9.47 Å². The predicted molar refractivity (Wildman–Crippen MR) is 192 cm³/mol. The number of amidine groups is 1. The standard InChI is InChI=1S/C36H54N2O8SSi/c1-12-38(34(39)46-35(2,3)4)33-37-29-31(43-22-25-15-19-27(41-9)20-16-25)30(42-21-24-13-17-26(40-8)18-14-24)28(45-32(29)47-33)23-44-48(10,11)36(5,6)7/h13-20,28-32H,12,21-23H2,1-11H3/t28-,29-,30-,31-,32-/m1/s1. The first-order chi connectivity index (χ1) is 22.5. The summed E-state index contributed by atoms with van der Waals surface area (Å²) in [7, 11) is 1.16. The van der Waals surface area contributed by atoms with Gasteiger partial charge in [0.1, 0.15) is 46.9 Å². The number of fused-ring (bicyclic) bond motifs is 1. The first-order valence-electron chi connectivity index (χ1n) is 16.6. The third-order valence-electron chi connectivity index (χ3n) is 8.87. The van der Waals surface area contributed by atoms with E-state index in [0.29, 0.717) is 31.5 Å². The molecule has 0 bridgehead atoms. The molecule has 10 nitrogen and oxygen atoms in total. The Morgan fingerprint density at radius 2 is 1.40 bits per heavy atom. The van der Waals surface area contributed by atoms with Gasteiger partial charge in [0.05, 0.1) is 34.0 Å². The smallest absolute Gasteiger partial charge is 0.416 e. The summed E-state index contributed by atoms with van der Waals surface area (Å²) in [6.07, 6.45) is -1.91. The van der Waals surface area contributed by atoms with E-state index in [-0.39, 0.29) is 5.04 Å². The van der Waals surface area contributed by atoms with E-state index < -0.39 is 49.8 Å². The van der Waals surface area contributed by atoms with Crippen molar-refractivity contribution in [2.45, 2.75) is 115 Å². The second-order valence-corrected chi connectivity index (χ2v) is 20.5. The minimum Gasteiger partial charge on any atom is -0.497 e. The van der Waals surface area contributed by atoms with Crippen LogP contribution in [-0.4, -0.2) is 87.2 Å². The van der Waals surface area contributed by atoms with E-state index in [9.17, 15) is 4.79 Å². The van der Waals surface area contributed by atoms with Gasteiger partial charge in [-0.05, 0) is 81.2 Å². The molecule has 0 radical (unpaired) electrons. The average Bonchev–Trinajstić information content (AvgIpc) is 3.44. The molecule has 2 aliphatic rings. The number of ether oxygens (including phenoxy) is 6. The number of rotatable bonds is 12. The molecule has 5 atom stereocenters. The van der Waals surface area contributed by atoms with Gasteiger partial charge in [-0.25, -0.2) is 4.79 Å². The summed E-state index contributed by atoms with van der Waals surface area (Å²) >= 11 is 1.42. The minimum absolute atomic E-state index is 0.0152. The van der Waals surface area contributed by atoms with Gasteiger partial charge in [-0.2, -0.15) is 0 Å². The van der Waals surface area contributed by atoms with Crippen LogP contribution in [0.2, 0.25) is 18.1 Å². The second kappa shape index (κ2) is 15.9. The van der Waals surface area contributed by atoms with Crippen molar-refractivity contribution in [2.75, 3.05) is 27.4 Å². The summed E-state index contributed by atoms with van der Waals surface area (Å²) in [5.74, 6) is 1.55. The summed E-state index contributed by atoms with van der Waals surface area (Å²) in [5.41, 5.74) is 0.920. The molecule has 2 aromatic rings. The zero-order valence-electron chi connectivity index (χ0n) is 30.4. The molecular formula is C36H54N2O8SSi. The lowest BCUT2D eigenvalue weighted by Gasteiger charge is -2.44. The fraction of sp³-hybridized carbons (Fsp3) is 0.611. The molecule has 0 N–H and O–H groups in total. The summed E-state index contributed by atoms with van der Waals surface area (Å²) < 4.78 is 43.5. The quantitative estimate of drug-likeness (QED) is 0.207. The van der Waals surface area contributed by atoms with E-state index in [2.05, 4.69) is 33.9 Å². The first-order valence-corrected chi connectivity index (χ1v) is 20.4. The summed E-state index contributed by atoms with van der Waals surface area (Å²) in [6.45, 7) is 20.0. The van der Waals surface area contributed by atoms with E-state index in [1.807, 2.05) is 76.2 Å². The van der Waals surface area contributed by atoms with Crippen LogP contribution in [0.25, 0.3) is 0 Å². The largest absolute Gasteiger partial charge is 0.497 e. The predicted octanol–water partition coefficient (Wildman–Crippen LogP) is 7.65. The number of amides is 1. The Hall–Kier alpha value is -2.61. The van der Waals surface area contributed by atoms with Gasteiger partial charge in [0.15, 0.2) is 13.5 Å². The van der Waals surface area contributed by atoms with E-state index in [1.54, 1.807) is 19.1 Å². The zero-order valence-corrected chi connectivity index (χ0v) is 32.2. The molecule has 0 spiro atoms. The van der Waals surface area contributed by atoms with Gasteiger partial charge < -0.3 is 32.8 Å². The molecule has 48 heavy (non-hydrogen) atoms. The highest BCUT2D eigenvalue weighted by Gasteiger charge is 2.52. The molecule has 2 aliphatic heterocycles. The fourth-order valence-corrected chi connectivity index (χ4v) is 7.33. The van der Waals surface area contributed by atoms with Crippen LogP contribution in [0.3, 0.4) is 0 Å². The molecule has 4 rings (SSSR count). The molecule has 266 valence electrons. The maximum absolute atomic E-state index is 13.2. The number of hydrogen-bond donors (Lipinski definition) is 0. The lowest BCUT2D eigenvalue weighted by atomic mass is 9.97. The highest BCUT2D eigenvalue weighted by atomic mass is 32.2. The monoisotopic (exact) mass is 702 g/mol. The average molecular weight is 703 g/mol. The maximum atomic E-state index is 13.2. The molecule has 1 saturated heterocycles. The second-order valence-electron chi connectivity index (χ2n) is 14.6. The van der Waals surface area contributed by atoms with Gasteiger partial charge in [-0.1, -0.05) is 56.8 Å². The van der Waals surface area contributed by atoms with Crippen molar-refractivity contribution in [3.05, 3.63) is 59.7 Å². The van der Waals surface area contributed by atoms with Crippen molar-refractivity contribution in [3.63, 3.8) is 0 Å². The molecule has 1 fully saturated rings. The first kappa shape index (κ1) is 38.2. The number of thioether (sulfide) groups is 1. The van der Waals surface area contributed by atoms with Crippen LogP contribution in [-0.2, 0) is 36.6 Å². The number of benzene rings is 2. The van der Waals surface area contributed by atoms with Gasteiger partial charge in [-0.3, -0.25) is 9.89 Å². The van der Waals surface area contributed by atoms with Gasteiger partial charge in [0, 0.05) is 6.54 Å². The molecule has 1 amide bonds. The van der Waals surface area contributed by atoms with Gasteiger partial charge in [-0.15, -0.1) is 0 Å². The topological polar surface area (TPSA) is 97.3 Å². The van der Waals surface area contributed by atoms with Gasteiger partial charge in [0.25, 0.3) is 0 Å². The third-order valence-corrected chi connectivity index (χ3v) is 14.5. The van der Waals surface area contributed by atoms with Crippen LogP contribution in [0.4, 0.5) is 4.79 Å². The van der Waals surface area contributed by atoms with Crippen LogP contribution in [0, 0.1) is 0 Å². The number of carbonyl (C=O) groups excluding carboxylic acids is 1. The highest BCUT2D eigenvalue weighted by Crippen LogP contribution is 2.42. The van der Waals surface area contributed by atoms with Crippen molar-refractivity contribution in [3.8, 4) is 11.5 Å². The van der Waals surface area contributed by atoms with Gasteiger partial charge in [0.2, 0.25) is 0 Å². The summed E-state index contributed by atoms with van der Waals surface area (Å²) in [5, 5.41) is 0.557. The Bertz CT molecular complexity index is 1370. The molecule has 2 aromatic carbocycles. The number of carbonyl (C=O) groups is 1. The number of nitrogens with zero attached hydrogens (tertiary/aromatic N) is 2. The Morgan fingerprint density at radius 3 is 1.85 bits per heavy atom. The van der Waals surface area contributed by atoms with Crippen LogP contribution >= 0.6 is 11.8 Å². The summed E-state index contributed by atoms with van der Waals surface area (Å²) in [6, 6.07) is 15.2. The normalized spacial score (nSPS) is 22.9. The molecule has 12 heteroatoms. The van der Waals surface area contributed by atoms with Gasteiger partial charge >= 0.3 is 6.09 Å². The maximum Gasteiger partial charge on any atom is 0.416 e. The van der Waals surface area contributed by atoms with E-state index >= 15 is 0 Å². The molecule has 0 aromatic heterocycles. The fourth-order valence-electron chi connectivity index (χ4n) is 5.04. The lowest BCUT2D eigenvalue weighted by molar-refractivity contribution is -0.204. The van der Waals surface area contributed by atoms with Crippen LogP contribution in [0.1, 0.15) is 59.6 Å². The van der Waals surface area contributed by atoms with Crippen molar-refractivity contribution >= 4 is 31.3 Å². The van der Waals surface area contributed by atoms with Crippen LogP contribution in [0.15, 0.2) is 53.5 Å². The Labute approximate surface area is 291 Å². The SMILES string of the molecule is CCN(C(=O)OC(C)(C)C)C1=N[C@@H]2[C@@H](OCc3ccc(OC)cc3)[C@H](OCc3ccc(OC)cc3)[C@@H](CO[Si](C)(C)C(C)(C)C)O[C@@H]2S1. The lowest BCUT2D eigenvalue weighted by Crippen LogP contribution is -2.59. The molecule has 0 saturated carbocycles. The molecular weight excluding hydrogens is 649 g/mol. The molecule has 0 aliphatic carbocycles. The number of methoxy groups -OCH3 is 2.